The van der Waals surface area contributed by atoms with Crippen molar-refractivity contribution in [3.05, 3.63) is 17.5 Å². The van der Waals surface area contributed by atoms with Crippen LogP contribution in [0.25, 0.3) is 0 Å². The second-order valence-corrected chi connectivity index (χ2v) is 3.02. The van der Waals surface area contributed by atoms with Crippen LogP contribution >= 0.6 is 0 Å². The van der Waals surface area contributed by atoms with E-state index in [1.54, 1.807) is 4.68 Å². The van der Waals surface area contributed by atoms with Gasteiger partial charge in [0.05, 0.1) is 11.7 Å². The Hall–Kier alpha value is -1.16. The van der Waals surface area contributed by atoms with Crippen LogP contribution in [0.5, 0.6) is 0 Å². The highest BCUT2D eigenvalue weighted by molar-refractivity contribution is 5.62. The van der Waals surface area contributed by atoms with Crippen molar-refractivity contribution < 1.29 is 4.79 Å². The first-order valence-electron chi connectivity index (χ1n) is 4.02. The van der Waals surface area contributed by atoms with Crippen LogP contribution in [0.4, 0.5) is 0 Å². The molecule has 1 aliphatic heterocycles. The van der Waals surface area contributed by atoms with Gasteiger partial charge < -0.3 is 10.1 Å². The van der Waals surface area contributed by atoms with E-state index in [0.717, 1.165) is 30.5 Å². The van der Waals surface area contributed by atoms with E-state index in [1.807, 2.05) is 13.2 Å². The minimum Gasteiger partial charge on any atom is -0.304 e. The van der Waals surface area contributed by atoms with Gasteiger partial charge in [-0.2, -0.15) is 5.10 Å². The first-order chi connectivity index (χ1) is 5.81. The summed E-state index contributed by atoms with van der Waals surface area (Å²) in [7, 11) is 1.88. The van der Waals surface area contributed by atoms with Gasteiger partial charge in [-0.05, 0) is 0 Å². The van der Waals surface area contributed by atoms with Crippen molar-refractivity contribution in [3.8, 4) is 0 Å². The first-order valence-corrected chi connectivity index (χ1v) is 4.02. The lowest BCUT2D eigenvalue weighted by molar-refractivity contribution is -0.109. The van der Waals surface area contributed by atoms with Gasteiger partial charge in [0.15, 0.2) is 0 Å². The van der Waals surface area contributed by atoms with Crippen molar-refractivity contribution in [2.75, 3.05) is 6.54 Å². The zero-order valence-corrected chi connectivity index (χ0v) is 6.95. The molecule has 1 aromatic rings. The smallest absolute Gasteiger partial charge is 0.141 e. The minimum atomic E-state index is -0.151. The summed E-state index contributed by atoms with van der Waals surface area (Å²) < 4.78 is 1.76. The molecule has 0 aliphatic carbocycles. The average molecular weight is 165 g/mol. The summed E-state index contributed by atoms with van der Waals surface area (Å²) in [5, 5.41) is 7.38. The van der Waals surface area contributed by atoms with Gasteiger partial charge in [-0.1, -0.05) is 0 Å². The molecule has 12 heavy (non-hydrogen) atoms. The maximum Gasteiger partial charge on any atom is 0.141 e. The molecule has 0 spiro atoms. The number of hydrogen-bond donors (Lipinski definition) is 1. The monoisotopic (exact) mass is 165 g/mol. The van der Waals surface area contributed by atoms with Crippen molar-refractivity contribution >= 4 is 6.29 Å². The minimum absolute atomic E-state index is 0.151. The molecule has 0 bridgehead atoms. The normalized spacial score (nSPS) is 21.9. The number of fused-ring (bicyclic) bond motifs is 1. The zero-order valence-electron chi connectivity index (χ0n) is 6.95. The molecule has 4 nitrogen and oxygen atoms in total. The molecule has 1 atom stereocenters. The lowest BCUT2D eigenvalue weighted by atomic mass is 10.0. The second kappa shape index (κ2) is 2.71. The standard InChI is InChI=1S/C8H11N3O/c1-11-4-6-7(10-11)2-3-9-8(6)5-12/h4-5,8-9H,2-3H2,1H3. The second-order valence-electron chi connectivity index (χ2n) is 3.02. The Morgan fingerprint density at radius 2 is 2.67 bits per heavy atom. The van der Waals surface area contributed by atoms with Crippen molar-refractivity contribution in [2.24, 2.45) is 7.05 Å². The van der Waals surface area contributed by atoms with Gasteiger partial charge in [0, 0.05) is 31.8 Å². The Morgan fingerprint density at radius 3 is 3.42 bits per heavy atom. The third kappa shape index (κ3) is 1.04. The van der Waals surface area contributed by atoms with E-state index < -0.39 is 0 Å². The summed E-state index contributed by atoms with van der Waals surface area (Å²) >= 11 is 0. The lowest BCUT2D eigenvalue weighted by Gasteiger charge is -2.17. The fourth-order valence-electron chi connectivity index (χ4n) is 1.58. The predicted octanol–water partition coefficient (Wildman–Crippen LogP) is -0.194. The van der Waals surface area contributed by atoms with Crippen molar-refractivity contribution in [1.82, 2.24) is 15.1 Å². The van der Waals surface area contributed by atoms with E-state index in [4.69, 9.17) is 0 Å². The topological polar surface area (TPSA) is 46.9 Å². The molecule has 2 heterocycles. The van der Waals surface area contributed by atoms with E-state index in [2.05, 4.69) is 10.4 Å². The third-order valence-electron chi connectivity index (χ3n) is 2.13. The van der Waals surface area contributed by atoms with Gasteiger partial charge in [0.1, 0.15) is 6.29 Å². The van der Waals surface area contributed by atoms with Gasteiger partial charge in [-0.25, -0.2) is 0 Å². The Labute approximate surface area is 70.6 Å². The molecule has 1 unspecified atom stereocenters. The summed E-state index contributed by atoms with van der Waals surface area (Å²) in [5.41, 5.74) is 2.08. The number of nitrogens with one attached hydrogen (secondary N) is 1. The molecule has 0 amide bonds. The van der Waals surface area contributed by atoms with Crippen LogP contribution in [0.1, 0.15) is 17.3 Å². The van der Waals surface area contributed by atoms with Crippen molar-refractivity contribution in [1.29, 1.82) is 0 Å². The molecule has 1 N–H and O–H groups in total. The van der Waals surface area contributed by atoms with Crippen LogP contribution in [0.3, 0.4) is 0 Å². The number of carbonyl (C=O) groups excluding carboxylic acids is 1. The molecule has 0 radical (unpaired) electrons. The van der Waals surface area contributed by atoms with Crippen LogP contribution in [-0.2, 0) is 18.3 Å². The van der Waals surface area contributed by atoms with E-state index >= 15 is 0 Å². The SMILES string of the molecule is Cn1cc2c(n1)CCNC2C=O. The summed E-state index contributed by atoms with van der Waals surface area (Å²) in [6.07, 6.45) is 3.75. The highest BCUT2D eigenvalue weighted by atomic mass is 16.1. The predicted molar refractivity (Wildman–Crippen MR) is 43.7 cm³/mol. The zero-order chi connectivity index (χ0) is 8.55. The molecule has 0 fully saturated rings. The van der Waals surface area contributed by atoms with E-state index in [9.17, 15) is 4.79 Å². The summed E-state index contributed by atoms with van der Waals surface area (Å²) in [6, 6.07) is -0.151. The fourth-order valence-corrected chi connectivity index (χ4v) is 1.58. The molecule has 0 saturated carbocycles. The van der Waals surface area contributed by atoms with Crippen LogP contribution in [0, 0.1) is 0 Å². The number of carbonyl (C=O) groups is 1. The van der Waals surface area contributed by atoms with Crippen LogP contribution in [0.15, 0.2) is 6.20 Å². The summed E-state index contributed by atoms with van der Waals surface area (Å²) in [5.74, 6) is 0. The summed E-state index contributed by atoms with van der Waals surface area (Å²) in [4.78, 5) is 10.6. The van der Waals surface area contributed by atoms with Gasteiger partial charge >= 0.3 is 0 Å². The Bertz CT molecular complexity index is 305. The maximum atomic E-state index is 10.6. The first kappa shape index (κ1) is 7.49. The fraction of sp³-hybridized carbons (Fsp3) is 0.500. The van der Waals surface area contributed by atoms with Crippen molar-refractivity contribution in [2.45, 2.75) is 12.5 Å². The van der Waals surface area contributed by atoms with Gasteiger partial charge in [0.2, 0.25) is 0 Å². The maximum absolute atomic E-state index is 10.6. The van der Waals surface area contributed by atoms with Gasteiger partial charge in [0.25, 0.3) is 0 Å². The molecule has 4 heteroatoms. The number of hydrogen-bond acceptors (Lipinski definition) is 3. The quantitative estimate of drug-likeness (QED) is 0.586. The highest BCUT2D eigenvalue weighted by Gasteiger charge is 2.21. The average Bonchev–Trinajstić information content (AvgIpc) is 2.44. The molecule has 2 rings (SSSR count). The number of aldehydes is 1. The third-order valence-corrected chi connectivity index (χ3v) is 2.13. The van der Waals surface area contributed by atoms with Crippen LogP contribution in [0.2, 0.25) is 0 Å². The molecule has 1 aromatic heterocycles. The largest absolute Gasteiger partial charge is 0.304 e. The van der Waals surface area contributed by atoms with Crippen LogP contribution < -0.4 is 5.32 Å². The van der Waals surface area contributed by atoms with Crippen LogP contribution in [-0.4, -0.2) is 22.6 Å². The van der Waals surface area contributed by atoms with Crippen molar-refractivity contribution in [3.63, 3.8) is 0 Å². The number of rotatable bonds is 1. The number of nitrogens with zero attached hydrogens (tertiary/aromatic N) is 2. The molecular weight excluding hydrogens is 154 g/mol. The van der Waals surface area contributed by atoms with E-state index in [1.165, 1.54) is 0 Å². The Morgan fingerprint density at radius 1 is 1.83 bits per heavy atom. The van der Waals surface area contributed by atoms with Gasteiger partial charge in [-0.15, -0.1) is 0 Å². The molecule has 1 aliphatic rings. The van der Waals surface area contributed by atoms with Gasteiger partial charge in [-0.3, -0.25) is 4.68 Å². The molecule has 64 valence electrons. The Kier molecular flexibility index (Phi) is 1.69. The van der Waals surface area contributed by atoms with E-state index in [0.29, 0.717) is 0 Å². The molecule has 0 saturated heterocycles. The number of aryl methyl sites for hydroxylation is 1. The molecular formula is C8H11N3O. The lowest BCUT2D eigenvalue weighted by Crippen LogP contribution is -2.30. The Balaban J connectivity index is 2.43. The summed E-state index contributed by atoms with van der Waals surface area (Å²) in [6.45, 7) is 0.841. The molecule has 0 aromatic carbocycles. The highest BCUT2D eigenvalue weighted by Crippen LogP contribution is 2.19. The number of aromatic nitrogens is 2. The van der Waals surface area contributed by atoms with E-state index in [-0.39, 0.29) is 6.04 Å².